The average Bonchev–Trinajstić information content (AvgIpc) is 2.77. The first kappa shape index (κ1) is 19.0. The number of urea groups is 1. The van der Waals surface area contributed by atoms with Gasteiger partial charge in [-0.25, -0.2) is 4.79 Å². The lowest BCUT2D eigenvalue weighted by atomic mass is 10.0. The zero-order valence-corrected chi connectivity index (χ0v) is 15.2. The van der Waals surface area contributed by atoms with Gasteiger partial charge < -0.3 is 15.3 Å². The molecule has 2 amide bonds. The smallest absolute Gasteiger partial charge is 0.317 e. The van der Waals surface area contributed by atoms with Crippen molar-refractivity contribution in [2.45, 2.75) is 70.9 Å². The van der Waals surface area contributed by atoms with Crippen LogP contribution in [0.1, 0.15) is 58.8 Å². The fraction of sp³-hybridized carbons (Fsp3) is 0.889. The van der Waals surface area contributed by atoms with Crippen molar-refractivity contribution >= 4 is 12.0 Å². The van der Waals surface area contributed by atoms with E-state index in [1.165, 1.54) is 19.3 Å². The van der Waals surface area contributed by atoms with Gasteiger partial charge in [-0.2, -0.15) is 0 Å². The molecule has 0 aromatic rings. The zero-order chi connectivity index (χ0) is 17.5. The van der Waals surface area contributed by atoms with Gasteiger partial charge in [-0.3, -0.25) is 9.69 Å². The number of carboxylic acid groups (broad SMARTS) is 1. The molecule has 0 radical (unpaired) electrons. The summed E-state index contributed by atoms with van der Waals surface area (Å²) in [6.45, 7) is 6.56. The summed E-state index contributed by atoms with van der Waals surface area (Å²) in [5.74, 6) is -0.00322. The van der Waals surface area contributed by atoms with Gasteiger partial charge in [0.05, 0.1) is 6.54 Å². The molecule has 24 heavy (non-hydrogen) atoms. The molecule has 2 atom stereocenters. The monoisotopic (exact) mass is 339 g/mol. The van der Waals surface area contributed by atoms with Crippen LogP contribution in [0, 0.1) is 5.92 Å². The van der Waals surface area contributed by atoms with E-state index in [2.05, 4.69) is 12.2 Å². The van der Waals surface area contributed by atoms with Gasteiger partial charge in [0.2, 0.25) is 0 Å². The van der Waals surface area contributed by atoms with Crippen LogP contribution >= 0.6 is 0 Å². The molecule has 1 saturated heterocycles. The van der Waals surface area contributed by atoms with Crippen LogP contribution in [0.2, 0.25) is 0 Å². The molecular weight excluding hydrogens is 306 g/mol. The fourth-order valence-electron chi connectivity index (χ4n) is 4.00. The molecule has 2 fully saturated rings. The van der Waals surface area contributed by atoms with Crippen LogP contribution in [0.3, 0.4) is 0 Å². The van der Waals surface area contributed by atoms with E-state index in [0.29, 0.717) is 6.04 Å². The number of nitrogens with zero attached hydrogens (tertiary/aromatic N) is 2. The van der Waals surface area contributed by atoms with Crippen molar-refractivity contribution in [2.75, 3.05) is 26.2 Å². The third-order valence-electron chi connectivity index (χ3n) is 5.60. The highest BCUT2D eigenvalue weighted by atomic mass is 16.4. The van der Waals surface area contributed by atoms with Crippen LogP contribution in [0.4, 0.5) is 4.79 Å². The number of carboxylic acids is 1. The average molecular weight is 339 g/mol. The van der Waals surface area contributed by atoms with E-state index in [4.69, 9.17) is 5.11 Å². The minimum atomic E-state index is -0.778. The van der Waals surface area contributed by atoms with Gasteiger partial charge in [-0.05, 0) is 44.6 Å². The highest BCUT2D eigenvalue weighted by Crippen LogP contribution is 2.23. The minimum absolute atomic E-state index is 0.0642. The summed E-state index contributed by atoms with van der Waals surface area (Å²) >= 11 is 0. The van der Waals surface area contributed by atoms with E-state index in [0.717, 1.165) is 51.2 Å². The molecule has 1 heterocycles. The second-order valence-corrected chi connectivity index (χ2v) is 7.43. The summed E-state index contributed by atoms with van der Waals surface area (Å²) in [4.78, 5) is 27.3. The SMILES string of the molecule is CCN(CC(=O)O)C1CCN(C(=O)NC2CCCC(C)CC2)CC1. The number of nitrogens with one attached hydrogen (secondary N) is 1. The number of likely N-dealkylation sites (N-methyl/N-ethyl adjacent to an activating group) is 1. The van der Waals surface area contributed by atoms with Crippen molar-refractivity contribution in [3.63, 3.8) is 0 Å². The molecule has 1 saturated carbocycles. The number of likely N-dealkylation sites (tertiary alicyclic amines) is 1. The summed E-state index contributed by atoms with van der Waals surface area (Å²) in [7, 11) is 0. The number of carbonyl (C=O) groups excluding carboxylic acids is 1. The number of piperidine rings is 1. The molecule has 1 aliphatic carbocycles. The molecule has 2 unspecified atom stereocenters. The minimum Gasteiger partial charge on any atom is -0.480 e. The van der Waals surface area contributed by atoms with Crippen molar-refractivity contribution in [1.29, 1.82) is 0 Å². The van der Waals surface area contributed by atoms with Crippen molar-refractivity contribution in [1.82, 2.24) is 15.1 Å². The van der Waals surface area contributed by atoms with Crippen LogP contribution in [0.5, 0.6) is 0 Å². The Bertz CT molecular complexity index is 422. The Morgan fingerprint density at radius 3 is 2.46 bits per heavy atom. The van der Waals surface area contributed by atoms with Crippen molar-refractivity contribution < 1.29 is 14.7 Å². The van der Waals surface area contributed by atoms with Gasteiger partial charge in [0.25, 0.3) is 0 Å². The van der Waals surface area contributed by atoms with E-state index in [1.807, 2.05) is 16.7 Å². The van der Waals surface area contributed by atoms with Crippen LogP contribution in [0.25, 0.3) is 0 Å². The van der Waals surface area contributed by atoms with Crippen LogP contribution in [-0.2, 0) is 4.79 Å². The standard InChI is InChI=1S/C18H33N3O3/c1-3-20(13-17(22)23)16-9-11-21(12-10-16)18(24)19-15-6-4-5-14(2)7-8-15/h14-16H,3-13H2,1-2H3,(H,19,24)(H,22,23). The lowest BCUT2D eigenvalue weighted by Crippen LogP contribution is -2.52. The molecule has 2 N–H and O–H groups in total. The molecule has 138 valence electrons. The number of hydrogen-bond acceptors (Lipinski definition) is 3. The molecule has 0 aromatic carbocycles. The Morgan fingerprint density at radius 1 is 1.12 bits per heavy atom. The predicted octanol–water partition coefficient (Wildman–Crippen LogP) is 2.54. The molecule has 0 spiro atoms. The summed E-state index contributed by atoms with van der Waals surface area (Å²) in [6, 6.07) is 0.655. The molecule has 0 bridgehead atoms. The fourth-order valence-corrected chi connectivity index (χ4v) is 4.00. The van der Waals surface area contributed by atoms with Gasteiger partial charge in [-0.15, -0.1) is 0 Å². The third kappa shape index (κ3) is 5.65. The zero-order valence-electron chi connectivity index (χ0n) is 15.2. The second-order valence-electron chi connectivity index (χ2n) is 7.43. The summed E-state index contributed by atoms with van der Waals surface area (Å²) in [5, 5.41) is 12.2. The maximum absolute atomic E-state index is 12.5. The normalized spacial score (nSPS) is 26.2. The largest absolute Gasteiger partial charge is 0.480 e. The van der Waals surface area contributed by atoms with E-state index in [-0.39, 0.29) is 18.6 Å². The number of amides is 2. The lowest BCUT2D eigenvalue weighted by molar-refractivity contribution is -0.139. The van der Waals surface area contributed by atoms with Crippen molar-refractivity contribution in [2.24, 2.45) is 5.92 Å². The van der Waals surface area contributed by atoms with Gasteiger partial charge in [0, 0.05) is 25.2 Å². The molecule has 6 heteroatoms. The Morgan fingerprint density at radius 2 is 1.83 bits per heavy atom. The summed E-state index contributed by atoms with van der Waals surface area (Å²) in [6.07, 6.45) is 7.57. The molecule has 6 nitrogen and oxygen atoms in total. The third-order valence-corrected chi connectivity index (χ3v) is 5.60. The highest BCUT2D eigenvalue weighted by Gasteiger charge is 2.28. The lowest BCUT2D eigenvalue weighted by Gasteiger charge is -2.38. The topological polar surface area (TPSA) is 72.9 Å². The molecule has 0 aromatic heterocycles. The molecule has 2 aliphatic rings. The maximum Gasteiger partial charge on any atom is 0.317 e. The van der Waals surface area contributed by atoms with Crippen molar-refractivity contribution in [3.8, 4) is 0 Å². The first-order valence-electron chi connectivity index (χ1n) is 9.50. The van der Waals surface area contributed by atoms with E-state index in [9.17, 15) is 9.59 Å². The Hall–Kier alpha value is -1.30. The van der Waals surface area contributed by atoms with Gasteiger partial charge in [0.1, 0.15) is 0 Å². The quantitative estimate of drug-likeness (QED) is 0.755. The predicted molar refractivity (Wildman–Crippen MR) is 94.0 cm³/mol. The molecule has 1 aliphatic heterocycles. The van der Waals surface area contributed by atoms with Crippen LogP contribution in [-0.4, -0.2) is 65.2 Å². The summed E-state index contributed by atoms with van der Waals surface area (Å²) < 4.78 is 0. The van der Waals surface area contributed by atoms with Gasteiger partial charge >= 0.3 is 12.0 Å². The van der Waals surface area contributed by atoms with Gasteiger partial charge in [-0.1, -0.05) is 26.7 Å². The van der Waals surface area contributed by atoms with E-state index < -0.39 is 5.97 Å². The highest BCUT2D eigenvalue weighted by molar-refractivity contribution is 5.74. The molecule has 2 rings (SSSR count). The van der Waals surface area contributed by atoms with E-state index in [1.54, 1.807) is 0 Å². The Labute approximate surface area is 145 Å². The maximum atomic E-state index is 12.5. The van der Waals surface area contributed by atoms with Crippen molar-refractivity contribution in [3.05, 3.63) is 0 Å². The number of rotatable bonds is 5. The van der Waals surface area contributed by atoms with Gasteiger partial charge in [0.15, 0.2) is 0 Å². The number of aliphatic carboxylic acids is 1. The Balaban J connectivity index is 1.76. The van der Waals surface area contributed by atoms with E-state index >= 15 is 0 Å². The first-order valence-corrected chi connectivity index (χ1v) is 9.50. The number of hydrogen-bond donors (Lipinski definition) is 2. The van der Waals surface area contributed by atoms with Crippen LogP contribution in [0.15, 0.2) is 0 Å². The number of carbonyl (C=O) groups is 2. The molecular formula is C18H33N3O3. The first-order chi connectivity index (χ1) is 11.5. The Kier molecular flexibility index (Phi) is 7.34. The summed E-state index contributed by atoms with van der Waals surface area (Å²) in [5.41, 5.74) is 0. The van der Waals surface area contributed by atoms with Crippen LogP contribution < -0.4 is 5.32 Å². The second kappa shape index (κ2) is 9.25.